The summed E-state index contributed by atoms with van der Waals surface area (Å²) in [5.74, 6) is -0.236. The quantitative estimate of drug-likeness (QED) is 0.832. The molecule has 0 saturated heterocycles. The van der Waals surface area contributed by atoms with E-state index in [1.165, 1.54) is 28.7 Å². The van der Waals surface area contributed by atoms with Gasteiger partial charge in [-0.05, 0) is 35.4 Å². The molecule has 0 fully saturated rings. The van der Waals surface area contributed by atoms with Crippen molar-refractivity contribution in [1.29, 1.82) is 0 Å². The Bertz CT molecular complexity index is 561. The maximum atomic E-state index is 11.6. The number of aliphatic hydroxyl groups excluding tert-OH is 1. The highest BCUT2D eigenvalue weighted by Gasteiger charge is 2.08. The smallest absolute Gasteiger partial charge is 0.244 e. The van der Waals surface area contributed by atoms with Gasteiger partial charge < -0.3 is 10.4 Å². The average Bonchev–Trinajstić information content (AvgIpc) is 3.04. The molecule has 1 amide bonds. The van der Waals surface area contributed by atoms with E-state index in [9.17, 15) is 9.90 Å². The van der Waals surface area contributed by atoms with Crippen molar-refractivity contribution in [2.24, 2.45) is 0 Å². The highest BCUT2D eigenvalue weighted by atomic mass is 32.1. The van der Waals surface area contributed by atoms with Crippen molar-refractivity contribution >= 4 is 34.7 Å². The van der Waals surface area contributed by atoms with Crippen LogP contribution in [0, 0.1) is 6.92 Å². The third kappa shape index (κ3) is 4.27. The molecule has 2 aromatic heterocycles. The van der Waals surface area contributed by atoms with Gasteiger partial charge in [-0.3, -0.25) is 4.79 Å². The monoisotopic (exact) mass is 294 g/mol. The first-order valence-electron chi connectivity index (χ1n) is 5.73. The molecule has 1 unspecified atom stereocenters. The Kier molecular flexibility index (Phi) is 4.84. The predicted molar refractivity (Wildman–Crippen MR) is 78.2 cm³/mol. The number of aliphatic hydroxyl groups is 1. The zero-order valence-electron chi connectivity index (χ0n) is 10.4. The van der Waals surface area contributed by atoms with Crippen molar-refractivity contribution in [3.05, 3.63) is 44.5 Å². The Morgan fingerprint density at radius 3 is 3.05 bits per heavy atom. The molecule has 0 aliphatic carbocycles. The molecule has 0 spiro atoms. The van der Waals surface area contributed by atoms with Crippen molar-refractivity contribution in [3.63, 3.8) is 0 Å². The summed E-state index contributed by atoms with van der Waals surface area (Å²) in [6.07, 6.45) is 2.43. The molecule has 0 saturated carbocycles. The van der Waals surface area contributed by atoms with Crippen LogP contribution in [0.25, 0.3) is 6.08 Å². The van der Waals surface area contributed by atoms with Crippen molar-refractivity contribution in [2.45, 2.75) is 13.0 Å². The second-order valence-electron chi connectivity index (χ2n) is 3.94. The number of thiophene rings is 1. The van der Waals surface area contributed by atoms with E-state index in [0.29, 0.717) is 0 Å². The van der Waals surface area contributed by atoms with E-state index in [4.69, 9.17) is 0 Å². The Morgan fingerprint density at radius 1 is 1.58 bits per heavy atom. The van der Waals surface area contributed by atoms with Gasteiger partial charge in [-0.25, -0.2) is 4.98 Å². The van der Waals surface area contributed by atoms with Gasteiger partial charge in [0.1, 0.15) is 0 Å². The van der Waals surface area contributed by atoms with Crippen molar-refractivity contribution in [3.8, 4) is 0 Å². The van der Waals surface area contributed by atoms with E-state index in [-0.39, 0.29) is 12.5 Å². The SMILES string of the molecule is Cc1nc(/C=C/C(=O)NCC(O)c2ccsc2)cs1. The first-order chi connectivity index (χ1) is 9.15. The first kappa shape index (κ1) is 13.9. The highest BCUT2D eigenvalue weighted by Crippen LogP contribution is 2.15. The number of aromatic nitrogens is 1. The van der Waals surface area contributed by atoms with Crippen LogP contribution in [-0.4, -0.2) is 22.5 Å². The minimum Gasteiger partial charge on any atom is -0.387 e. The number of hydrogen-bond acceptors (Lipinski definition) is 5. The number of aryl methyl sites for hydroxylation is 1. The van der Waals surface area contributed by atoms with Crippen LogP contribution in [0.3, 0.4) is 0 Å². The van der Waals surface area contributed by atoms with Crippen LogP contribution in [-0.2, 0) is 4.79 Å². The third-order valence-electron chi connectivity index (χ3n) is 2.44. The molecule has 19 heavy (non-hydrogen) atoms. The summed E-state index contributed by atoms with van der Waals surface area (Å²) in [4.78, 5) is 15.8. The fraction of sp³-hybridized carbons (Fsp3) is 0.231. The highest BCUT2D eigenvalue weighted by molar-refractivity contribution is 7.09. The summed E-state index contributed by atoms with van der Waals surface area (Å²) >= 11 is 3.06. The maximum Gasteiger partial charge on any atom is 0.244 e. The Hall–Kier alpha value is -1.50. The number of rotatable bonds is 5. The molecule has 1 atom stereocenters. The summed E-state index contributed by atoms with van der Waals surface area (Å²) in [6, 6.07) is 1.84. The molecule has 0 aromatic carbocycles. The van der Waals surface area contributed by atoms with Gasteiger partial charge in [-0.15, -0.1) is 11.3 Å². The Balaban J connectivity index is 1.80. The molecular weight excluding hydrogens is 280 g/mol. The second-order valence-corrected chi connectivity index (χ2v) is 5.78. The lowest BCUT2D eigenvalue weighted by Gasteiger charge is -2.08. The summed E-state index contributed by atoms with van der Waals surface area (Å²) in [5, 5.41) is 19.1. The summed E-state index contributed by atoms with van der Waals surface area (Å²) in [5.41, 5.74) is 1.60. The van der Waals surface area contributed by atoms with Crippen LogP contribution < -0.4 is 5.32 Å². The van der Waals surface area contributed by atoms with E-state index < -0.39 is 6.10 Å². The zero-order chi connectivity index (χ0) is 13.7. The number of thiazole rings is 1. The van der Waals surface area contributed by atoms with Crippen molar-refractivity contribution < 1.29 is 9.90 Å². The van der Waals surface area contributed by atoms with Crippen molar-refractivity contribution in [1.82, 2.24) is 10.3 Å². The van der Waals surface area contributed by atoms with Gasteiger partial charge in [-0.1, -0.05) is 0 Å². The van der Waals surface area contributed by atoms with E-state index in [2.05, 4.69) is 10.3 Å². The standard InChI is InChI=1S/C13H14N2O2S2/c1-9-15-11(8-19-9)2-3-13(17)14-6-12(16)10-4-5-18-7-10/h2-5,7-8,12,16H,6H2,1H3,(H,14,17)/b3-2+. The molecular formula is C13H14N2O2S2. The number of carbonyl (C=O) groups excluding carboxylic acids is 1. The molecule has 0 bridgehead atoms. The van der Waals surface area contributed by atoms with Gasteiger partial charge in [0.25, 0.3) is 0 Å². The zero-order valence-corrected chi connectivity index (χ0v) is 12.0. The molecule has 2 N–H and O–H groups in total. The van der Waals surface area contributed by atoms with Gasteiger partial charge in [0.2, 0.25) is 5.91 Å². The van der Waals surface area contributed by atoms with Gasteiger partial charge in [0, 0.05) is 18.0 Å². The second kappa shape index (κ2) is 6.60. The lowest BCUT2D eigenvalue weighted by atomic mass is 10.2. The predicted octanol–water partition coefficient (Wildman–Crippen LogP) is 2.38. The molecule has 0 aliphatic rings. The molecule has 6 heteroatoms. The van der Waals surface area contributed by atoms with E-state index in [0.717, 1.165) is 16.3 Å². The van der Waals surface area contributed by atoms with Crippen LogP contribution in [0.15, 0.2) is 28.3 Å². The number of hydrogen-bond donors (Lipinski definition) is 2. The lowest BCUT2D eigenvalue weighted by molar-refractivity contribution is -0.116. The Labute approximate surface area is 119 Å². The molecule has 100 valence electrons. The van der Waals surface area contributed by atoms with E-state index in [1.807, 2.05) is 29.1 Å². The normalized spacial score (nSPS) is 12.7. The van der Waals surface area contributed by atoms with Gasteiger partial charge in [0.15, 0.2) is 0 Å². The van der Waals surface area contributed by atoms with E-state index in [1.54, 1.807) is 6.08 Å². The summed E-state index contributed by atoms with van der Waals surface area (Å²) in [6.45, 7) is 2.12. The Morgan fingerprint density at radius 2 is 2.42 bits per heavy atom. The van der Waals surface area contributed by atoms with Gasteiger partial charge in [-0.2, -0.15) is 11.3 Å². The number of amides is 1. The minimum absolute atomic E-state index is 0.204. The maximum absolute atomic E-state index is 11.6. The summed E-state index contributed by atoms with van der Waals surface area (Å²) < 4.78 is 0. The minimum atomic E-state index is -0.662. The summed E-state index contributed by atoms with van der Waals surface area (Å²) in [7, 11) is 0. The van der Waals surface area contributed by atoms with Crippen LogP contribution in [0.4, 0.5) is 0 Å². The van der Waals surface area contributed by atoms with Crippen LogP contribution in [0.1, 0.15) is 22.4 Å². The fourth-order valence-corrected chi connectivity index (χ4v) is 2.74. The first-order valence-corrected chi connectivity index (χ1v) is 7.55. The van der Waals surface area contributed by atoms with E-state index >= 15 is 0 Å². The molecule has 0 aliphatic heterocycles. The number of nitrogens with one attached hydrogen (secondary N) is 1. The van der Waals surface area contributed by atoms with Gasteiger partial charge >= 0.3 is 0 Å². The number of nitrogens with zero attached hydrogens (tertiary/aromatic N) is 1. The lowest BCUT2D eigenvalue weighted by Crippen LogP contribution is -2.26. The molecule has 4 nitrogen and oxygen atoms in total. The molecule has 2 rings (SSSR count). The van der Waals surface area contributed by atoms with Crippen LogP contribution in [0.5, 0.6) is 0 Å². The topological polar surface area (TPSA) is 62.2 Å². The third-order valence-corrected chi connectivity index (χ3v) is 3.93. The number of carbonyl (C=O) groups is 1. The van der Waals surface area contributed by atoms with Crippen molar-refractivity contribution in [2.75, 3.05) is 6.54 Å². The fourth-order valence-electron chi connectivity index (χ4n) is 1.46. The van der Waals surface area contributed by atoms with Crippen LogP contribution in [0.2, 0.25) is 0 Å². The molecule has 2 aromatic rings. The van der Waals surface area contributed by atoms with Gasteiger partial charge in [0.05, 0.1) is 16.8 Å². The molecule has 2 heterocycles. The molecule has 0 radical (unpaired) electrons. The largest absolute Gasteiger partial charge is 0.387 e. The van der Waals surface area contributed by atoms with Crippen LogP contribution >= 0.6 is 22.7 Å². The average molecular weight is 294 g/mol.